The van der Waals surface area contributed by atoms with Crippen LogP contribution in [0, 0.1) is 11.3 Å². The Kier molecular flexibility index (Phi) is 4.59. The second-order valence-corrected chi connectivity index (χ2v) is 7.04. The average Bonchev–Trinajstić information content (AvgIpc) is 3.36. The minimum atomic E-state index is -0.610. The molecule has 2 heterocycles. The lowest BCUT2D eigenvalue weighted by molar-refractivity contribution is 0.201. The molecule has 134 valence electrons. The van der Waals surface area contributed by atoms with Crippen molar-refractivity contribution in [1.29, 1.82) is 5.26 Å². The van der Waals surface area contributed by atoms with Gasteiger partial charge >= 0.3 is 6.01 Å². The van der Waals surface area contributed by atoms with Crippen LogP contribution in [0.2, 0.25) is 0 Å². The van der Waals surface area contributed by atoms with Crippen molar-refractivity contribution in [1.82, 2.24) is 10.2 Å². The number of nitriles is 1. The van der Waals surface area contributed by atoms with E-state index in [4.69, 9.17) is 4.42 Å². The van der Waals surface area contributed by atoms with E-state index in [9.17, 15) is 10.4 Å². The van der Waals surface area contributed by atoms with E-state index in [-0.39, 0.29) is 6.54 Å². The molecule has 4 aromatic rings. The van der Waals surface area contributed by atoms with E-state index in [1.165, 1.54) is 11.3 Å². The van der Waals surface area contributed by atoms with E-state index in [1.807, 2.05) is 47.8 Å². The van der Waals surface area contributed by atoms with Crippen LogP contribution in [0.25, 0.3) is 21.5 Å². The molecule has 0 aliphatic rings. The minimum absolute atomic E-state index is 0.285. The monoisotopic (exact) mass is 376 g/mol. The summed E-state index contributed by atoms with van der Waals surface area (Å²) in [4.78, 5) is 1.79. The minimum Gasteiger partial charge on any atom is -0.403 e. The summed E-state index contributed by atoms with van der Waals surface area (Å²) in [5.41, 5.74) is 2.26. The number of benzene rings is 2. The van der Waals surface area contributed by atoms with E-state index in [1.54, 1.807) is 17.9 Å². The Morgan fingerprint density at radius 2 is 2.00 bits per heavy atom. The normalized spacial score (nSPS) is 12.0. The highest BCUT2D eigenvalue weighted by molar-refractivity contribution is 7.17. The van der Waals surface area contributed by atoms with Crippen molar-refractivity contribution in [2.45, 2.75) is 13.0 Å². The fourth-order valence-electron chi connectivity index (χ4n) is 2.94. The highest BCUT2D eigenvalue weighted by Crippen LogP contribution is 2.37. The summed E-state index contributed by atoms with van der Waals surface area (Å²) in [5.74, 6) is 0.413. The van der Waals surface area contributed by atoms with Gasteiger partial charge in [0, 0.05) is 10.9 Å². The molecule has 0 saturated carbocycles. The summed E-state index contributed by atoms with van der Waals surface area (Å²) in [6.07, 6.45) is -0.610. The molecular weight excluding hydrogens is 360 g/mol. The molecule has 0 unspecified atom stereocenters. The van der Waals surface area contributed by atoms with Gasteiger partial charge in [0.15, 0.2) is 0 Å². The second kappa shape index (κ2) is 7.19. The lowest BCUT2D eigenvalue weighted by atomic mass is 10.1. The van der Waals surface area contributed by atoms with Gasteiger partial charge < -0.3 is 9.52 Å². The van der Waals surface area contributed by atoms with Gasteiger partial charge in [0.2, 0.25) is 5.89 Å². The highest BCUT2D eigenvalue weighted by atomic mass is 32.1. The quantitative estimate of drug-likeness (QED) is 0.557. The van der Waals surface area contributed by atoms with Crippen molar-refractivity contribution in [3.63, 3.8) is 0 Å². The van der Waals surface area contributed by atoms with E-state index in [2.05, 4.69) is 16.3 Å². The number of thiophene rings is 1. The largest absolute Gasteiger partial charge is 0.403 e. The average molecular weight is 376 g/mol. The van der Waals surface area contributed by atoms with Crippen LogP contribution in [0.15, 0.2) is 58.3 Å². The van der Waals surface area contributed by atoms with Gasteiger partial charge in [0.25, 0.3) is 0 Å². The lowest BCUT2D eigenvalue weighted by Crippen LogP contribution is -2.27. The Morgan fingerprint density at radius 3 is 2.74 bits per heavy atom. The molecule has 0 spiro atoms. The molecule has 0 aliphatic carbocycles. The van der Waals surface area contributed by atoms with Gasteiger partial charge in [-0.2, -0.15) is 5.26 Å². The van der Waals surface area contributed by atoms with Crippen LogP contribution in [0.4, 0.5) is 11.7 Å². The molecule has 2 aromatic carbocycles. The molecule has 0 saturated heterocycles. The van der Waals surface area contributed by atoms with Gasteiger partial charge in [-0.15, -0.1) is 16.4 Å². The van der Waals surface area contributed by atoms with E-state index in [0.29, 0.717) is 17.5 Å². The van der Waals surface area contributed by atoms with Crippen LogP contribution < -0.4 is 4.90 Å². The molecule has 0 fully saturated rings. The molecule has 0 amide bonds. The van der Waals surface area contributed by atoms with Crippen LogP contribution >= 0.6 is 11.3 Å². The molecule has 27 heavy (non-hydrogen) atoms. The van der Waals surface area contributed by atoms with Gasteiger partial charge in [-0.25, -0.2) is 0 Å². The van der Waals surface area contributed by atoms with Gasteiger partial charge in [-0.1, -0.05) is 23.3 Å². The number of fused-ring (bicyclic) bond motifs is 1. The first-order valence-corrected chi connectivity index (χ1v) is 9.30. The van der Waals surface area contributed by atoms with Gasteiger partial charge in [-0.05, 0) is 42.6 Å². The number of nitrogens with zero attached hydrogens (tertiary/aromatic N) is 4. The first kappa shape index (κ1) is 17.2. The van der Waals surface area contributed by atoms with E-state index < -0.39 is 6.10 Å². The van der Waals surface area contributed by atoms with Crippen molar-refractivity contribution in [2.75, 3.05) is 11.4 Å². The zero-order chi connectivity index (χ0) is 18.8. The fourth-order valence-corrected chi connectivity index (χ4v) is 3.82. The molecule has 6 nitrogen and oxygen atoms in total. The predicted octanol–water partition coefficient (Wildman–Crippen LogP) is 4.34. The number of hydrogen-bond acceptors (Lipinski definition) is 7. The molecule has 4 rings (SSSR count). The zero-order valence-electron chi connectivity index (χ0n) is 14.5. The molecule has 0 aliphatic heterocycles. The van der Waals surface area contributed by atoms with Crippen LogP contribution in [0.5, 0.6) is 0 Å². The molecule has 7 heteroatoms. The van der Waals surface area contributed by atoms with Gasteiger partial charge in [0.05, 0.1) is 28.6 Å². The van der Waals surface area contributed by atoms with Crippen molar-refractivity contribution < 1.29 is 9.52 Å². The summed E-state index contributed by atoms with van der Waals surface area (Å²) in [6, 6.07) is 17.6. The number of aromatic nitrogens is 2. The Labute approximate surface area is 159 Å². The molecule has 0 bridgehead atoms. The lowest BCUT2D eigenvalue weighted by Gasteiger charge is -2.22. The van der Waals surface area contributed by atoms with E-state index in [0.717, 1.165) is 21.3 Å². The number of rotatable bonds is 5. The van der Waals surface area contributed by atoms with Crippen LogP contribution in [0.3, 0.4) is 0 Å². The van der Waals surface area contributed by atoms with Crippen LogP contribution in [-0.4, -0.2) is 28.0 Å². The maximum Gasteiger partial charge on any atom is 0.323 e. The Morgan fingerprint density at radius 1 is 1.19 bits per heavy atom. The summed E-state index contributed by atoms with van der Waals surface area (Å²) >= 11 is 1.51. The Hall–Kier alpha value is -3.21. The summed E-state index contributed by atoms with van der Waals surface area (Å²) in [7, 11) is 0. The molecular formula is C20H16N4O2S. The predicted molar refractivity (Wildman–Crippen MR) is 105 cm³/mol. The first-order chi connectivity index (χ1) is 13.2. The molecule has 0 radical (unpaired) electrons. The van der Waals surface area contributed by atoms with Crippen molar-refractivity contribution in [2.24, 2.45) is 0 Å². The molecule has 1 atom stereocenters. The fraction of sp³-hybridized carbons (Fsp3) is 0.150. The first-order valence-electron chi connectivity index (χ1n) is 8.42. The topological polar surface area (TPSA) is 86.2 Å². The third-order valence-electron chi connectivity index (χ3n) is 4.12. The number of anilines is 2. The third-order valence-corrected chi connectivity index (χ3v) is 5.07. The molecule has 1 N–H and O–H groups in total. The number of aliphatic hydroxyl groups is 1. The van der Waals surface area contributed by atoms with Crippen LogP contribution in [0.1, 0.15) is 12.5 Å². The maximum absolute atomic E-state index is 10.0. The van der Waals surface area contributed by atoms with Crippen molar-refractivity contribution >= 4 is 33.1 Å². The van der Waals surface area contributed by atoms with Crippen LogP contribution in [-0.2, 0) is 0 Å². The second-order valence-electron chi connectivity index (χ2n) is 6.12. The van der Waals surface area contributed by atoms with Crippen molar-refractivity contribution in [3.05, 3.63) is 59.5 Å². The molecule has 2 aromatic heterocycles. The standard InChI is InChI=1S/C20H16N4O2S/c1-13(25)12-24(17-8-7-15(11-21)18-16(17)9-10-27-18)20-23-22-19(26-20)14-5-3-2-4-6-14/h2-10,13,25H,12H2,1H3/t13-/m0/s1. The third kappa shape index (κ3) is 3.28. The van der Waals surface area contributed by atoms with Crippen molar-refractivity contribution in [3.8, 4) is 17.5 Å². The summed E-state index contributed by atoms with van der Waals surface area (Å²) in [5, 5.41) is 30.6. The Bertz CT molecular complexity index is 1110. The van der Waals surface area contributed by atoms with E-state index >= 15 is 0 Å². The number of hydrogen-bond donors (Lipinski definition) is 1. The highest BCUT2D eigenvalue weighted by Gasteiger charge is 2.22. The Balaban J connectivity index is 1.81. The summed E-state index contributed by atoms with van der Waals surface area (Å²) in [6.45, 7) is 1.99. The smallest absolute Gasteiger partial charge is 0.323 e. The SMILES string of the molecule is C[C@H](O)CN(c1nnc(-c2ccccc2)o1)c1ccc(C#N)c2sccc12. The van der Waals surface area contributed by atoms with Gasteiger partial charge in [0.1, 0.15) is 6.07 Å². The zero-order valence-corrected chi connectivity index (χ0v) is 15.3. The van der Waals surface area contributed by atoms with Gasteiger partial charge in [-0.3, -0.25) is 4.90 Å². The maximum atomic E-state index is 10.0. The summed E-state index contributed by atoms with van der Waals surface area (Å²) < 4.78 is 6.80. The number of aliphatic hydroxyl groups excluding tert-OH is 1.